The lowest BCUT2D eigenvalue weighted by molar-refractivity contribution is -0.0207. The van der Waals surface area contributed by atoms with Crippen LogP contribution in [0.25, 0.3) is 0 Å². The van der Waals surface area contributed by atoms with Crippen LogP contribution in [-0.4, -0.2) is 35.5 Å². The average molecular weight is 157 g/mol. The summed E-state index contributed by atoms with van der Waals surface area (Å²) in [5.74, 6) is 0.609. The molecule has 0 aromatic rings. The van der Waals surface area contributed by atoms with Crippen molar-refractivity contribution in [1.82, 2.24) is 5.32 Å². The van der Waals surface area contributed by atoms with Crippen LogP contribution in [0.4, 0.5) is 0 Å². The van der Waals surface area contributed by atoms with Crippen molar-refractivity contribution in [2.45, 2.75) is 25.0 Å². The van der Waals surface area contributed by atoms with E-state index in [-0.39, 0.29) is 12.2 Å². The highest BCUT2D eigenvalue weighted by Crippen LogP contribution is 2.32. The van der Waals surface area contributed by atoms with Gasteiger partial charge in [0, 0.05) is 24.9 Å². The van der Waals surface area contributed by atoms with Crippen LogP contribution >= 0.6 is 0 Å². The number of hydrogen-bond donors (Lipinski definition) is 3. The maximum Gasteiger partial charge on any atom is 0.0585 e. The minimum Gasteiger partial charge on any atom is -0.393 e. The number of hydrogen-bond acceptors (Lipinski definition) is 3. The number of fused-ring (bicyclic) bond motifs is 1. The van der Waals surface area contributed by atoms with Crippen LogP contribution in [0, 0.1) is 11.8 Å². The fourth-order valence-corrected chi connectivity index (χ4v) is 2.33. The van der Waals surface area contributed by atoms with Crippen molar-refractivity contribution >= 4 is 0 Å². The Labute approximate surface area is 66.4 Å². The summed E-state index contributed by atoms with van der Waals surface area (Å²) in [6.07, 6.45) is 1.17. The molecule has 0 radical (unpaired) electrons. The molecule has 1 heterocycles. The van der Waals surface area contributed by atoms with E-state index in [1.54, 1.807) is 0 Å². The molecule has 1 aliphatic heterocycles. The minimum absolute atomic E-state index is 0.182. The van der Waals surface area contributed by atoms with Crippen LogP contribution < -0.4 is 5.32 Å². The van der Waals surface area contributed by atoms with Crippen molar-refractivity contribution < 1.29 is 10.2 Å². The van der Waals surface area contributed by atoms with E-state index in [2.05, 4.69) is 5.32 Å². The maximum atomic E-state index is 9.55. The molecule has 0 amide bonds. The number of rotatable bonds is 0. The molecule has 1 aliphatic carbocycles. The van der Waals surface area contributed by atoms with E-state index in [1.807, 2.05) is 0 Å². The number of aliphatic hydroxyl groups excluding tert-OH is 2. The van der Waals surface area contributed by atoms with Gasteiger partial charge in [0.05, 0.1) is 12.2 Å². The third-order valence-electron chi connectivity index (χ3n) is 3.06. The minimum atomic E-state index is -0.182. The lowest BCUT2D eigenvalue weighted by Crippen LogP contribution is -2.39. The predicted octanol–water partition coefficient (Wildman–Crippen LogP) is -0.662. The Morgan fingerprint density at radius 2 is 1.36 bits per heavy atom. The zero-order valence-corrected chi connectivity index (χ0v) is 6.53. The van der Waals surface area contributed by atoms with Crippen LogP contribution in [0.2, 0.25) is 0 Å². The molecule has 0 aromatic heterocycles. The van der Waals surface area contributed by atoms with Gasteiger partial charge in [-0.2, -0.15) is 0 Å². The van der Waals surface area contributed by atoms with E-state index in [9.17, 15) is 10.2 Å². The van der Waals surface area contributed by atoms with Crippen LogP contribution in [0.1, 0.15) is 12.8 Å². The molecule has 2 rings (SSSR count). The van der Waals surface area contributed by atoms with Crippen LogP contribution in [-0.2, 0) is 0 Å². The van der Waals surface area contributed by atoms with Crippen LogP contribution in [0.5, 0.6) is 0 Å². The van der Waals surface area contributed by atoms with E-state index in [4.69, 9.17) is 0 Å². The zero-order valence-electron chi connectivity index (χ0n) is 6.53. The van der Waals surface area contributed by atoms with E-state index in [1.165, 1.54) is 0 Å². The molecule has 0 bridgehead atoms. The first-order valence-corrected chi connectivity index (χ1v) is 4.36. The quantitative estimate of drug-likeness (QED) is 0.437. The summed E-state index contributed by atoms with van der Waals surface area (Å²) in [4.78, 5) is 0. The third-order valence-corrected chi connectivity index (χ3v) is 3.06. The van der Waals surface area contributed by atoms with E-state index in [0.717, 1.165) is 25.9 Å². The molecule has 0 aromatic carbocycles. The van der Waals surface area contributed by atoms with Gasteiger partial charge < -0.3 is 15.5 Å². The Balaban J connectivity index is 2.08. The highest BCUT2D eigenvalue weighted by atomic mass is 16.3. The molecular weight excluding hydrogens is 142 g/mol. The Hall–Kier alpha value is -0.120. The SMILES string of the molecule is O[C@@H]1CC[C@@H](O)[C@H]2CNC[C@@H]21. The lowest BCUT2D eigenvalue weighted by Gasteiger charge is -2.33. The first kappa shape index (κ1) is 7.53. The van der Waals surface area contributed by atoms with Gasteiger partial charge >= 0.3 is 0 Å². The van der Waals surface area contributed by atoms with Gasteiger partial charge in [-0.3, -0.25) is 0 Å². The summed E-state index contributed by atoms with van der Waals surface area (Å²) < 4.78 is 0. The summed E-state index contributed by atoms with van der Waals surface area (Å²) in [5, 5.41) is 22.3. The van der Waals surface area contributed by atoms with Crippen molar-refractivity contribution in [1.29, 1.82) is 0 Å². The molecule has 11 heavy (non-hydrogen) atoms. The van der Waals surface area contributed by atoms with Gasteiger partial charge in [0.1, 0.15) is 0 Å². The second kappa shape index (κ2) is 2.73. The zero-order chi connectivity index (χ0) is 7.84. The Bertz CT molecular complexity index is 135. The molecule has 0 spiro atoms. The average Bonchev–Trinajstić information content (AvgIpc) is 2.45. The second-order valence-electron chi connectivity index (χ2n) is 3.70. The van der Waals surface area contributed by atoms with Crippen molar-refractivity contribution in [3.05, 3.63) is 0 Å². The van der Waals surface area contributed by atoms with Gasteiger partial charge in [0.25, 0.3) is 0 Å². The van der Waals surface area contributed by atoms with E-state index < -0.39 is 0 Å². The molecule has 3 heteroatoms. The van der Waals surface area contributed by atoms with Crippen molar-refractivity contribution in [3.63, 3.8) is 0 Å². The summed E-state index contributed by atoms with van der Waals surface area (Å²) in [6.45, 7) is 1.76. The van der Waals surface area contributed by atoms with Crippen LogP contribution in [0.15, 0.2) is 0 Å². The van der Waals surface area contributed by atoms with Gasteiger partial charge in [0.15, 0.2) is 0 Å². The third kappa shape index (κ3) is 1.17. The Morgan fingerprint density at radius 3 is 1.82 bits per heavy atom. The smallest absolute Gasteiger partial charge is 0.0585 e. The van der Waals surface area contributed by atoms with Gasteiger partial charge in [-0.15, -0.1) is 0 Å². The maximum absolute atomic E-state index is 9.55. The predicted molar refractivity (Wildman–Crippen MR) is 41.1 cm³/mol. The Morgan fingerprint density at radius 1 is 0.909 bits per heavy atom. The fourth-order valence-electron chi connectivity index (χ4n) is 2.33. The first-order valence-electron chi connectivity index (χ1n) is 4.36. The standard InChI is InChI=1S/C8H15NO2/c10-7-1-2-8(11)6-4-9-3-5(6)7/h5-11H,1-4H2/t5-,6-,7+,8+/m0/s1. The van der Waals surface area contributed by atoms with Gasteiger partial charge in [-0.1, -0.05) is 0 Å². The van der Waals surface area contributed by atoms with Crippen LogP contribution in [0.3, 0.4) is 0 Å². The fraction of sp³-hybridized carbons (Fsp3) is 1.00. The molecule has 4 atom stereocenters. The lowest BCUT2D eigenvalue weighted by atomic mass is 9.78. The van der Waals surface area contributed by atoms with E-state index in [0.29, 0.717) is 11.8 Å². The summed E-state index contributed by atoms with van der Waals surface area (Å²) in [6, 6.07) is 0. The molecule has 3 nitrogen and oxygen atoms in total. The van der Waals surface area contributed by atoms with Gasteiger partial charge in [0.2, 0.25) is 0 Å². The normalized spacial score (nSPS) is 50.7. The molecule has 64 valence electrons. The highest BCUT2D eigenvalue weighted by Gasteiger charge is 2.40. The molecule has 1 saturated heterocycles. The molecular formula is C8H15NO2. The topological polar surface area (TPSA) is 52.5 Å². The number of nitrogens with one attached hydrogen (secondary N) is 1. The van der Waals surface area contributed by atoms with E-state index >= 15 is 0 Å². The summed E-state index contributed by atoms with van der Waals surface area (Å²) >= 11 is 0. The van der Waals surface area contributed by atoms with Crippen molar-refractivity contribution in [2.24, 2.45) is 11.8 Å². The molecule has 2 aliphatic rings. The molecule has 1 saturated carbocycles. The molecule has 3 N–H and O–H groups in total. The summed E-state index contributed by atoms with van der Waals surface area (Å²) in [5.41, 5.74) is 0. The second-order valence-corrected chi connectivity index (χ2v) is 3.70. The summed E-state index contributed by atoms with van der Waals surface area (Å²) in [7, 11) is 0. The molecule has 0 unspecified atom stereocenters. The van der Waals surface area contributed by atoms with Crippen molar-refractivity contribution in [2.75, 3.05) is 13.1 Å². The Kier molecular flexibility index (Phi) is 1.87. The monoisotopic (exact) mass is 157 g/mol. The van der Waals surface area contributed by atoms with Gasteiger partial charge in [-0.25, -0.2) is 0 Å². The first-order chi connectivity index (χ1) is 5.29. The number of aliphatic hydroxyl groups is 2. The largest absolute Gasteiger partial charge is 0.393 e. The van der Waals surface area contributed by atoms with Gasteiger partial charge in [-0.05, 0) is 12.8 Å². The van der Waals surface area contributed by atoms with Crippen molar-refractivity contribution in [3.8, 4) is 0 Å². The molecule has 2 fully saturated rings. The highest BCUT2D eigenvalue weighted by molar-refractivity contribution is 4.93.